The van der Waals surface area contributed by atoms with Crippen LogP contribution in [0.5, 0.6) is 0 Å². The molecule has 0 saturated carbocycles. The summed E-state index contributed by atoms with van der Waals surface area (Å²) in [5.74, 6) is -3.24. The van der Waals surface area contributed by atoms with Crippen LogP contribution in [0.2, 0.25) is 0 Å². The summed E-state index contributed by atoms with van der Waals surface area (Å²) >= 11 is 0. The number of carboxylic acids is 2. The molecule has 6 heteroatoms. The van der Waals surface area contributed by atoms with Crippen LogP contribution in [0.15, 0.2) is 16.7 Å². The quantitative estimate of drug-likeness (QED) is 0.626. The van der Waals surface area contributed by atoms with Gasteiger partial charge in [-0.2, -0.15) is 0 Å². The van der Waals surface area contributed by atoms with Gasteiger partial charge in [0, 0.05) is 0 Å². The van der Waals surface area contributed by atoms with Gasteiger partial charge in [0.1, 0.15) is 5.56 Å². The number of aromatic carboxylic acids is 2. The molecule has 1 rings (SSSR count). The van der Waals surface area contributed by atoms with E-state index in [9.17, 15) is 9.59 Å². The molecule has 0 aliphatic heterocycles. The van der Waals surface area contributed by atoms with Gasteiger partial charge in [0.15, 0.2) is 0 Å². The zero-order valence-electron chi connectivity index (χ0n) is 5.27. The molecule has 1 heterocycles. The third-order valence-corrected chi connectivity index (χ3v) is 1.09. The van der Waals surface area contributed by atoms with Gasteiger partial charge < -0.3 is 14.6 Å². The van der Waals surface area contributed by atoms with E-state index in [1.54, 1.807) is 0 Å². The minimum atomic E-state index is -1.38. The summed E-state index contributed by atoms with van der Waals surface area (Å²) in [4.78, 5) is 20.5. The number of rotatable bonds is 2. The maximum atomic E-state index is 10.3. The van der Waals surface area contributed by atoms with E-state index in [0.717, 1.165) is 12.3 Å². The van der Waals surface area contributed by atoms with Crippen LogP contribution in [0, 0.1) is 0 Å². The van der Waals surface area contributed by atoms with Crippen molar-refractivity contribution in [2.24, 2.45) is 0 Å². The van der Waals surface area contributed by atoms with Crippen LogP contribution in [0.4, 0.5) is 0 Å². The molecule has 0 fully saturated rings. The third kappa shape index (κ3) is 2.10. The molecular formula is C6H5NaO5. The van der Waals surface area contributed by atoms with Crippen LogP contribution in [0.3, 0.4) is 0 Å². The fourth-order valence-electron chi connectivity index (χ4n) is 0.643. The van der Waals surface area contributed by atoms with Crippen LogP contribution in [-0.4, -0.2) is 51.7 Å². The summed E-state index contributed by atoms with van der Waals surface area (Å²) in [6.45, 7) is 0. The van der Waals surface area contributed by atoms with Gasteiger partial charge in [-0.25, -0.2) is 9.59 Å². The van der Waals surface area contributed by atoms with Crippen molar-refractivity contribution >= 4 is 41.5 Å². The second kappa shape index (κ2) is 4.30. The molecule has 0 atom stereocenters. The second-order valence-electron chi connectivity index (χ2n) is 1.77. The fraction of sp³-hybridized carbons (Fsp3) is 0. The summed E-state index contributed by atoms with van der Waals surface area (Å²) < 4.78 is 4.41. The van der Waals surface area contributed by atoms with Gasteiger partial charge in [-0.15, -0.1) is 0 Å². The molecule has 0 aromatic carbocycles. The van der Waals surface area contributed by atoms with Crippen molar-refractivity contribution in [3.8, 4) is 0 Å². The summed E-state index contributed by atoms with van der Waals surface area (Å²) in [7, 11) is 0. The Morgan fingerprint density at radius 3 is 2.17 bits per heavy atom. The second-order valence-corrected chi connectivity index (χ2v) is 1.77. The normalized spacial score (nSPS) is 8.67. The Morgan fingerprint density at radius 1 is 1.25 bits per heavy atom. The van der Waals surface area contributed by atoms with E-state index in [1.807, 2.05) is 0 Å². The maximum absolute atomic E-state index is 10.3. The average Bonchev–Trinajstić information content (AvgIpc) is 2.32. The molecule has 0 amide bonds. The fourth-order valence-corrected chi connectivity index (χ4v) is 0.643. The van der Waals surface area contributed by atoms with E-state index in [0.29, 0.717) is 0 Å². The number of carbonyl (C=O) groups is 2. The summed E-state index contributed by atoms with van der Waals surface area (Å²) in [6, 6.07) is 1.09. The molecule has 0 aliphatic rings. The molecule has 0 aliphatic carbocycles. The Bertz CT molecular complexity index is 274. The van der Waals surface area contributed by atoms with E-state index in [4.69, 9.17) is 10.2 Å². The van der Waals surface area contributed by atoms with Gasteiger partial charge >= 0.3 is 41.5 Å². The van der Waals surface area contributed by atoms with Crippen molar-refractivity contribution in [1.29, 1.82) is 0 Å². The van der Waals surface area contributed by atoms with Crippen LogP contribution in [-0.2, 0) is 0 Å². The monoisotopic (exact) mass is 180 g/mol. The van der Waals surface area contributed by atoms with E-state index >= 15 is 0 Å². The van der Waals surface area contributed by atoms with Gasteiger partial charge in [0.2, 0.25) is 5.76 Å². The molecule has 0 bridgehead atoms. The topological polar surface area (TPSA) is 87.7 Å². The Labute approximate surface area is 89.3 Å². The van der Waals surface area contributed by atoms with Crippen molar-refractivity contribution in [2.45, 2.75) is 0 Å². The van der Waals surface area contributed by atoms with Crippen LogP contribution < -0.4 is 0 Å². The van der Waals surface area contributed by atoms with Crippen LogP contribution in [0.1, 0.15) is 20.9 Å². The number of furan rings is 1. The number of carboxylic acid groups (broad SMARTS) is 2. The van der Waals surface area contributed by atoms with Gasteiger partial charge in [-0.3, -0.25) is 0 Å². The van der Waals surface area contributed by atoms with E-state index in [-0.39, 0.29) is 35.1 Å². The van der Waals surface area contributed by atoms with Crippen LogP contribution >= 0.6 is 0 Å². The minimum absolute atomic E-state index is 0. The Kier molecular flexibility index (Phi) is 4.02. The Balaban J connectivity index is 0.00000121. The molecule has 2 N–H and O–H groups in total. The molecule has 1 aromatic rings. The molecule has 5 nitrogen and oxygen atoms in total. The Hall–Kier alpha value is -0.780. The third-order valence-electron chi connectivity index (χ3n) is 1.09. The molecule has 0 radical (unpaired) electrons. The van der Waals surface area contributed by atoms with Gasteiger partial charge in [0.05, 0.1) is 6.26 Å². The summed E-state index contributed by atoms with van der Waals surface area (Å²) in [5, 5.41) is 16.7. The first-order valence-corrected chi connectivity index (χ1v) is 2.67. The van der Waals surface area contributed by atoms with Crippen molar-refractivity contribution in [3.63, 3.8) is 0 Å². The van der Waals surface area contributed by atoms with Crippen molar-refractivity contribution in [2.75, 3.05) is 0 Å². The standard InChI is InChI=1S/C6H4O5.Na.H/c7-5(8)3-1-2-11-4(3)6(9)10;;/h1-2H,(H,7,8)(H,9,10);;. The number of hydrogen-bond donors (Lipinski definition) is 2. The predicted molar refractivity (Wildman–Crippen MR) is 39.8 cm³/mol. The first-order chi connectivity index (χ1) is 5.13. The van der Waals surface area contributed by atoms with Crippen LogP contribution in [0.25, 0.3) is 0 Å². The molecular weight excluding hydrogens is 175 g/mol. The molecule has 0 saturated heterocycles. The van der Waals surface area contributed by atoms with Crippen molar-refractivity contribution < 1.29 is 24.2 Å². The molecule has 60 valence electrons. The summed E-state index contributed by atoms with van der Waals surface area (Å²) in [6.07, 6.45) is 1.02. The van der Waals surface area contributed by atoms with Gasteiger partial charge in [-0.1, -0.05) is 0 Å². The predicted octanol–water partition coefficient (Wildman–Crippen LogP) is 0.0275. The average molecular weight is 180 g/mol. The first-order valence-electron chi connectivity index (χ1n) is 2.67. The van der Waals surface area contributed by atoms with E-state index in [1.165, 1.54) is 0 Å². The summed E-state index contributed by atoms with van der Waals surface area (Å²) in [5.41, 5.74) is -0.336. The van der Waals surface area contributed by atoms with E-state index in [2.05, 4.69) is 4.42 Å². The van der Waals surface area contributed by atoms with Crippen molar-refractivity contribution in [1.82, 2.24) is 0 Å². The number of hydrogen-bond acceptors (Lipinski definition) is 3. The SMILES string of the molecule is O=C(O)c1ccoc1C(=O)O.[NaH]. The van der Waals surface area contributed by atoms with Gasteiger partial charge in [0.25, 0.3) is 0 Å². The molecule has 1 aromatic heterocycles. The first kappa shape index (κ1) is 11.2. The van der Waals surface area contributed by atoms with Gasteiger partial charge in [-0.05, 0) is 6.07 Å². The zero-order valence-corrected chi connectivity index (χ0v) is 5.27. The zero-order chi connectivity index (χ0) is 8.43. The van der Waals surface area contributed by atoms with Crippen molar-refractivity contribution in [3.05, 3.63) is 23.7 Å². The Morgan fingerprint density at radius 2 is 1.83 bits per heavy atom. The van der Waals surface area contributed by atoms with E-state index < -0.39 is 17.7 Å². The molecule has 0 spiro atoms. The molecule has 12 heavy (non-hydrogen) atoms. The molecule has 0 unspecified atom stereocenters.